The van der Waals surface area contributed by atoms with Crippen molar-refractivity contribution in [2.45, 2.75) is 9.48 Å². The Balaban J connectivity index is 1.95. The summed E-state index contributed by atoms with van der Waals surface area (Å²) in [7, 11) is -3.90. The number of halogens is 3. The molecule has 0 bridgehead atoms. The Morgan fingerprint density at radius 2 is 2.06 bits per heavy atom. The Bertz CT molecular complexity index is 1330. The third-order valence-corrected chi connectivity index (χ3v) is 9.34. The van der Waals surface area contributed by atoms with E-state index in [1.165, 1.54) is 24.0 Å². The zero-order valence-electron chi connectivity index (χ0n) is 16.2. The van der Waals surface area contributed by atoms with Crippen LogP contribution in [0.15, 0.2) is 41.4 Å². The second-order valence-electron chi connectivity index (χ2n) is 6.95. The summed E-state index contributed by atoms with van der Waals surface area (Å²) in [6.07, 6.45) is 1.22. The number of nitrogens with one attached hydrogen (secondary N) is 2. The van der Waals surface area contributed by atoms with Gasteiger partial charge in [-0.1, -0.05) is 23.2 Å². The number of hydrogen-bond donors (Lipinski definition) is 3. The van der Waals surface area contributed by atoms with Gasteiger partial charge in [0.2, 0.25) is 0 Å². The first-order valence-electron chi connectivity index (χ1n) is 9.32. The van der Waals surface area contributed by atoms with E-state index in [9.17, 15) is 22.7 Å². The van der Waals surface area contributed by atoms with Crippen LogP contribution in [0.25, 0.3) is 10.9 Å². The molecule has 0 amide bonds. The van der Waals surface area contributed by atoms with Crippen molar-refractivity contribution in [3.05, 3.63) is 58.0 Å². The van der Waals surface area contributed by atoms with E-state index in [0.29, 0.717) is 28.2 Å². The predicted molar refractivity (Wildman–Crippen MR) is 125 cm³/mol. The Hall–Kier alpha value is -2.11. The molecule has 168 valence electrons. The topological polar surface area (TPSA) is 108 Å². The normalized spacial score (nSPS) is 16.8. The maximum atomic E-state index is 14.2. The van der Waals surface area contributed by atoms with Gasteiger partial charge in [-0.15, -0.1) is 11.8 Å². The number of nitrogens with zero attached hydrogens (tertiary/aromatic N) is 1. The fourth-order valence-electron chi connectivity index (χ4n) is 3.34. The highest BCUT2D eigenvalue weighted by molar-refractivity contribution is 8.13. The van der Waals surface area contributed by atoms with Crippen molar-refractivity contribution in [3.63, 3.8) is 0 Å². The quantitative estimate of drug-likeness (QED) is 0.453. The van der Waals surface area contributed by atoms with Crippen LogP contribution in [-0.2, 0) is 9.84 Å². The fourth-order valence-corrected chi connectivity index (χ4v) is 7.01. The van der Waals surface area contributed by atoms with Crippen LogP contribution in [0.4, 0.5) is 15.8 Å². The smallest absolute Gasteiger partial charge is 0.337 e. The van der Waals surface area contributed by atoms with Crippen molar-refractivity contribution in [1.82, 2.24) is 10.3 Å². The standard InChI is InChI=1S/C20H16Cl2FN3O4S2/c21-10-1-2-15-11(5-10)19(26-16-7-14(23)13(22)6-12(16)20(27)28)17(8-25-15)32(29,30)18-9-24-3-4-31-18/h1-2,5-8,18,24H,3-4,9H2,(H,25,26)(H,27,28). The van der Waals surface area contributed by atoms with Crippen LogP contribution in [0.5, 0.6) is 0 Å². The van der Waals surface area contributed by atoms with E-state index in [2.05, 4.69) is 15.6 Å². The Morgan fingerprint density at radius 1 is 1.28 bits per heavy atom. The van der Waals surface area contributed by atoms with Crippen LogP contribution in [0.2, 0.25) is 10.0 Å². The van der Waals surface area contributed by atoms with Crippen molar-refractivity contribution in [3.8, 4) is 0 Å². The molecule has 1 saturated heterocycles. The lowest BCUT2D eigenvalue weighted by molar-refractivity contribution is 0.0698. The number of aromatic nitrogens is 1. The van der Waals surface area contributed by atoms with Crippen molar-refractivity contribution in [2.75, 3.05) is 24.2 Å². The van der Waals surface area contributed by atoms with Crippen molar-refractivity contribution in [1.29, 1.82) is 0 Å². The Kier molecular flexibility index (Phi) is 6.51. The zero-order chi connectivity index (χ0) is 23.0. The molecule has 3 N–H and O–H groups in total. The number of pyridine rings is 1. The van der Waals surface area contributed by atoms with Gasteiger partial charge in [0.15, 0.2) is 9.84 Å². The molecule has 1 aliphatic rings. The summed E-state index contributed by atoms with van der Waals surface area (Å²) in [5.74, 6) is -1.60. The molecule has 0 spiro atoms. The number of benzene rings is 2. The highest BCUT2D eigenvalue weighted by atomic mass is 35.5. The molecule has 1 atom stereocenters. The number of rotatable bonds is 5. The molecule has 4 rings (SSSR count). The number of aromatic carboxylic acids is 1. The number of hydrogen-bond acceptors (Lipinski definition) is 7. The SMILES string of the molecule is O=C(O)c1cc(Cl)c(F)cc1Nc1c(S(=O)(=O)C2CNCCS2)cnc2ccc(Cl)cc12. The molecule has 3 aromatic rings. The van der Waals surface area contributed by atoms with E-state index < -0.39 is 26.2 Å². The highest BCUT2D eigenvalue weighted by Crippen LogP contribution is 2.38. The largest absolute Gasteiger partial charge is 0.478 e. The molecule has 2 aromatic carbocycles. The molecule has 1 fully saturated rings. The van der Waals surface area contributed by atoms with Crippen molar-refractivity contribution < 1.29 is 22.7 Å². The van der Waals surface area contributed by atoms with Gasteiger partial charge in [0, 0.05) is 35.4 Å². The zero-order valence-corrected chi connectivity index (χ0v) is 19.4. The van der Waals surface area contributed by atoms with Gasteiger partial charge in [-0.3, -0.25) is 4.98 Å². The minimum atomic E-state index is -3.90. The average molecular weight is 516 g/mol. The van der Waals surface area contributed by atoms with Gasteiger partial charge in [0.25, 0.3) is 0 Å². The van der Waals surface area contributed by atoms with Crippen LogP contribution in [0.1, 0.15) is 10.4 Å². The van der Waals surface area contributed by atoms with Crippen LogP contribution in [-0.4, -0.2) is 47.9 Å². The second kappa shape index (κ2) is 9.03. The summed E-state index contributed by atoms with van der Waals surface area (Å²) in [5.41, 5.74) is 0.0164. The summed E-state index contributed by atoms with van der Waals surface area (Å²) >= 11 is 13.2. The maximum Gasteiger partial charge on any atom is 0.337 e. The second-order valence-corrected chi connectivity index (χ2v) is 11.5. The molecule has 0 aliphatic carbocycles. The van der Waals surface area contributed by atoms with Gasteiger partial charge < -0.3 is 15.7 Å². The van der Waals surface area contributed by atoms with Gasteiger partial charge in [-0.2, -0.15) is 0 Å². The third kappa shape index (κ3) is 4.38. The fraction of sp³-hybridized carbons (Fsp3) is 0.200. The number of carboxylic acid groups (broad SMARTS) is 1. The van der Waals surface area contributed by atoms with Gasteiger partial charge in [0.05, 0.1) is 27.5 Å². The summed E-state index contributed by atoms with van der Waals surface area (Å²) in [6.45, 7) is 0.940. The Morgan fingerprint density at radius 3 is 2.75 bits per heavy atom. The first-order chi connectivity index (χ1) is 15.2. The van der Waals surface area contributed by atoms with Crippen LogP contribution in [0.3, 0.4) is 0 Å². The monoisotopic (exact) mass is 515 g/mol. The van der Waals surface area contributed by atoms with E-state index in [0.717, 1.165) is 12.1 Å². The number of anilines is 2. The van der Waals surface area contributed by atoms with Crippen LogP contribution >= 0.6 is 35.0 Å². The van der Waals surface area contributed by atoms with Crippen LogP contribution in [0, 0.1) is 5.82 Å². The summed E-state index contributed by atoms with van der Waals surface area (Å²) in [5, 5.41) is 15.7. The lowest BCUT2D eigenvalue weighted by atomic mass is 10.1. The molecule has 0 radical (unpaired) electrons. The molecule has 2 heterocycles. The summed E-state index contributed by atoms with van der Waals surface area (Å²) in [6, 6.07) is 6.60. The number of carboxylic acids is 1. The molecule has 1 aliphatic heterocycles. The molecule has 32 heavy (non-hydrogen) atoms. The van der Waals surface area contributed by atoms with Gasteiger partial charge in [-0.05, 0) is 30.3 Å². The van der Waals surface area contributed by atoms with E-state index >= 15 is 0 Å². The first kappa shape index (κ1) is 23.1. The van der Waals surface area contributed by atoms with E-state index in [4.69, 9.17) is 23.2 Å². The van der Waals surface area contributed by atoms with Gasteiger partial charge >= 0.3 is 5.97 Å². The predicted octanol–water partition coefficient (Wildman–Crippen LogP) is 4.56. The molecule has 1 unspecified atom stereocenters. The number of thioether (sulfide) groups is 1. The van der Waals surface area contributed by atoms with Gasteiger partial charge in [0.1, 0.15) is 15.3 Å². The number of fused-ring (bicyclic) bond motifs is 1. The van der Waals surface area contributed by atoms with Gasteiger partial charge in [-0.25, -0.2) is 17.6 Å². The average Bonchev–Trinajstić information content (AvgIpc) is 2.76. The summed E-state index contributed by atoms with van der Waals surface area (Å²) < 4.78 is 40.4. The summed E-state index contributed by atoms with van der Waals surface area (Å²) in [4.78, 5) is 15.9. The highest BCUT2D eigenvalue weighted by Gasteiger charge is 2.33. The third-order valence-electron chi connectivity index (χ3n) is 4.89. The van der Waals surface area contributed by atoms with Crippen LogP contribution < -0.4 is 10.6 Å². The Labute approximate surface area is 197 Å². The van der Waals surface area contributed by atoms with Crippen molar-refractivity contribution in [2.24, 2.45) is 0 Å². The maximum absolute atomic E-state index is 14.2. The molecule has 7 nitrogen and oxygen atoms in total. The molecular formula is C20H16Cl2FN3O4S2. The molecule has 0 saturated carbocycles. The minimum Gasteiger partial charge on any atom is -0.478 e. The molecule has 12 heteroatoms. The number of sulfone groups is 1. The molecular weight excluding hydrogens is 500 g/mol. The first-order valence-corrected chi connectivity index (χ1v) is 12.7. The van der Waals surface area contributed by atoms with E-state index in [1.807, 2.05) is 0 Å². The number of carbonyl (C=O) groups is 1. The lowest BCUT2D eigenvalue weighted by Crippen LogP contribution is -2.37. The van der Waals surface area contributed by atoms with E-state index in [-0.39, 0.29) is 33.4 Å². The lowest BCUT2D eigenvalue weighted by Gasteiger charge is -2.24. The molecule has 1 aromatic heterocycles. The van der Waals surface area contributed by atoms with Crippen molar-refractivity contribution >= 4 is 73.0 Å². The van der Waals surface area contributed by atoms with E-state index in [1.54, 1.807) is 12.1 Å². The minimum absolute atomic E-state index is 0.0629.